The van der Waals surface area contributed by atoms with Gasteiger partial charge in [-0.3, -0.25) is 0 Å². The SMILES string of the molecule is CN1c2cc3c(cc2NCC1(C)C)OCCO3. The molecule has 2 aliphatic heterocycles. The Morgan fingerprint density at radius 2 is 1.82 bits per heavy atom. The Bertz CT molecular complexity index is 457. The minimum atomic E-state index is 0.108. The van der Waals surface area contributed by atoms with E-state index in [1.807, 2.05) is 6.07 Å². The minimum Gasteiger partial charge on any atom is -0.486 e. The van der Waals surface area contributed by atoms with E-state index in [2.05, 4.69) is 37.2 Å². The number of nitrogens with one attached hydrogen (secondary N) is 1. The van der Waals surface area contributed by atoms with Gasteiger partial charge in [0.25, 0.3) is 0 Å². The molecule has 0 saturated carbocycles. The third kappa shape index (κ3) is 1.59. The van der Waals surface area contributed by atoms with Gasteiger partial charge in [-0.05, 0) is 13.8 Å². The van der Waals surface area contributed by atoms with Crippen molar-refractivity contribution in [2.24, 2.45) is 0 Å². The van der Waals surface area contributed by atoms with Crippen molar-refractivity contribution >= 4 is 11.4 Å². The number of benzene rings is 1. The molecule has 92 valence electrons. The normalized spacial score (nSPS) is 20.5. The third-order valence-corrected chi connectivity index (χ3v) is 3.64. The van der Waals surface area contributed by atoms with Gasteiger partial charge in [-0.2, -0.15) is 0 Å². The van der Waals surface area contributed by atoms with E-state index in [1.165, 1.54) is 5.69 Å². The summed E-state index contributed by atoms with van der Waals surface area (Å²) in [6, 6.07) is 4.10. The van der Waals surface area contributed by atoms with E-state index in [1.54, 1.807) is 0 Å². The molecule has 0 amide bonds. The lowest BCUT2D eigenvalue weighted by Gasteiger charge is -2.43. The predicted molar refractivity (Wildman–Crippen MR) is 68.4 cm³/mol. The van der Waals surface area contributed by atoms with Gasteiger partial charge < -0.3 is 19.7 Å². The Labute approximate surface area is 102 Å². The first-order chi connectivity index (χ1) is 8.08. The molecule has 3 rings (SSSR count). The first-order valence-electron chi connectivity index (χ1n) is 5.99. The average Bonchev–Trinajstić information content (AvgIpc) is 2.33. The molecule has 2 aliphatic rings. The summed E-state index contributed by atoms with van der Waals surface area (Å²) in [4.78, 5) is 2.29. The molecular formula is C13H18N2O2. The van der Waals surface area contributed by atoms with Crippen LogP contribution in [-0.2, 0) is 0 Å². The highest BCUT2D eigenvalue weighted by molar-refractivity contribution is 5.78. The summed E-state index contributed by atoms with van der Waals surface area (Å²) < 4.78 is 11.2. The number of likely N-dealkylation sites (N-methyl/N-ethyl adjacent to an activating group) is 1. The summed E-state index contributed by atoms with van der Waals surface area (Å²) in [5, 5.41) is 3.46. The van der Waals surface area contributed by atoms with E-state index in [-0.39, 0.29) is 5.54 Å². The molecule has 0 atom stereocenters. The Balaban J connectivity index is 2.07. The number of hydrogen-bond donors (Lipinski definition) is 1. The molecule has 0 aromatic heterocycles. The van der Waals surface area contributed by atoms with Crippen LogP contribution in [0.1, 0.15) is 13.8 Å². The molecule has 0 saturated heterocycles. The van der Waals surface area contributed by atoms with Gasteiger partial charge in [-0.1, -0.05) is 0 Å². The van der Waals surface area contributed by atoms with Crippen LogP contribution in [0, 0.1) is 0 Å². The molecule has 4 nitrogen and oxygen atoms in total. The van der Waals surface area contributed by atoms with Gasteiger partial charge in [-0.25, -0.2) is 0 Å². The van der Waals surface area contributed by atoms with Crippen LogP contribution in [0.4, 0.5) is 11.4 Å². The summed E-state index contributed by atoms with van der Waals surface area (Å²) in [5.74, 6) is 1.69. The van der Waals surface area contributed by atoms with Gasteiger partial charge in [0.05, 0.1) is 16.9 Å². The Hall–Kier alpha value is -1.58. The van der Waals surface area contributed by atoms with Crippen LogP contribution in [0.25, 0.3) is 0 Å². The molecular weight excluding hydrogens is 216 g/mol. The lowest BCUT2D eigenvalue weighted by atomic mass is 9.98. The molecule has 0 spiro atoms. The molecule has 2 heterocycles. The highest BCUT2D eigenvalue weighted by Crippen LogP contribution is 2.43. The molecule has 1 N–H and O–H groups in total. The first-order valence-corrected chi connectivity index (χ1v) is 5.99. The number of fused-ring (bicyclic) bond motifs is 2. The lowest BCUT2D eigenvalue weighted by molar-refractivity contribution is 0.171. The van der Waals surface area contributed by atoms with Gasteiger partial charge in [0, 0.05) is 25.7 Å². The van der Waals surface area contributed by atoms with Crippen molar-refractivity contribution in [2.75, 3.05) is 37.0 Å². The monoisotopic (exact) mass is 234 g/mol. The Morgan fingerprint density at radius 3 is 2.53 bits per heavy atom. The Kier molecular flexibility index (Phi) is 2.15. The van der Waals surface area contributed by atoms with E-state index in [0.29, 0.717) is 13.2 Å². The van der Waals surface area contributed by atoms with Crippen LogP contribution < -0.4 is 19.7 Å². The second kappa shape index (κ2) is 3.45. The molecule has 1 aromatic carbocycles. The van der Waals surface area contributed by atoms with E-state index < -0.39 is 0 Å². The fraction of sp³-hybridized carbons (Fsp3) is 0.538. The predicted octanol–water partition coefficient (Wildman–Crippen LogP) is 2.10. The van der Waals surface area contributed by atoms with Crippen molar-refractivity contribution in [2.45, 2.75) is 19.4 Å². The van der Waals surface area contributed by atoms with Gasteiger partial charge in [-0.15, -0.1) is 0 Å². The summed E-state index contributed by atoms with van der Waals surface area (Å²) in [5.41, 5.74) is 2.40. The zero-order valence-corrected chi connectivity index (χ0v) is 10.5. The molecule has 17 heavy (non-hydrogen) atoms. The zero-order chi connectivity index (χ0) is 12.0. The smallest absolute Gasteiger partial charge is 0.163 e. The fourth-order valence-corrected chi connectivity index (χ4v) is 2.25. The van der Waals surface area contributed by atoms with E-state index in [0.717, 1.165) is 23.7 Å². The molecule has 0 aliphatic carbocycles. The van der Waals surface area contributed by atoms with E-state index >= 15 is 0 Å². The van der Waals surface area contributed by atoms with E-state index in [9.17, 15) is 0 Å². The van der Waals surface area contributed by atoms with Crippen LogP contribution in [-0.4, -0.2) is 32.3 Å². The van der Waals surface area contributed by atoms with Gasteiger partial charge in [0.1, 0.15) is 13.2 Å². The first kappa shape index (κ1) is 10.6. The van der Waals surface area contributed by atoms with Crippen molar-refractivity contribution in [1.82, 2.24) is 0 Å². The maximum Gasteiger partial charge on any atom is 0.163 e. The highest BCUT2D eigenvalue weighted by atomic mass is 16.6. The number of ether oxygens (including phenoxy) is 2. The maximum absolute atomic E-state index is 5.63. The second-order valence-corrected chi connectivity index (χ2v) is 5.24. The quantitative estimate of drug-likeness (QED) is 0.745. The van der Waals surface area contributed by atoms with Crippen molar-refractivity contribution in [3.63, 3.8) is 0 Å². The molecule has 0 fully saturated rings. The van der Waals surface area contributed by atoms with Gasteiger partial charge in [0.15, 0.2) is 11.5 Å². The Morgan fingerprint density at radius 1 is 1.18 bits per heavy atom. The minimum absolute atomic E-state index is 0.108. The lowest BCUT2D eigenvalue weighted by Crippen LogP contribution is -2.50. The van der Waals surface area contributed by atoms with Gasteiger partial charge >= 0.3 is 0 Å². The number of nitrogens with zero attached hydrogens (tertiary/aromatic N) is 1. The zero-order valence-electron chi connectivity index (χ0n) is 10.5. The number of hydrogen-bond acceptors (Lipinski definition) is 4. The van der Waals surface area contributed by atoms with Crippen LogP contribution in [0.15, 0.2) is 12.1 Å². The van der Waals surface area contributed by atoms with Crippen LogP contribution in [0.3, 0.4) is 0 Å². The van der Waals surface area contributed by atoms with Crippen molar-refractivity contribution < 1.29 is 9.47 Å². The second-order valence-electron chi connectivity index (χ2n) is 5.24. The molecule has 0 bridgehead atoms. The van der Waals surface area contributed by atoms with E-state index in [4.69, 9.17) is 9.47 Å². The maximum atomic E-state index is 5.63. The molecule has 0 unspecified atom stereocenters. The van der Waals surface area contributed by atoms with Crippen LogP contribution >= 0.6 is 0 Å². The third-order valence-electron chi connectivity index (χ3n) is 3.64. The largest absolute Gasteiger partial charge is 0.486 e. The molecule has 0 radical (unpaired) electrons. The number of rotatable bonds is 0. The van der Waals surface area contributed by atoms with Crippen LogP contribution in [0.5, 0.6) is 11.5 Å². The number of anilines is 2. The van der Waals surface area contributed by atoms with Crippen LogP contribution in [0.2, 0.25) is 0 Å². The summed E-state index contributed by atoms with van der Waals surface area (Å²) in [6.07, 6.45) is 0. The summed E-state index contributed by atoms with van der Waals surface area (Å²) in [6.45, 7) is 6.63. The summed E-state index contributed by atoms with van der Waals surface area (Å²) in [7, 11) is 2.12. The summed E-state index contributed by atoms with van der Waals surface area (Å²) >= 11 is 0. The van der Waals surface area contributed by atoms with Crippen molar-refractivity contribution in [1.29, 1.82) is 0 Å². The fourth-order valence-electron chi connectivity index (χ4n) is 2.25. The molecule has 1 aromatic rings. The van der Waals surface area contributed by atoms with Crippen molar-refractivity contribution in [3.8, 4) is 11.5 Å². The topological polar surface area (TPSA) is 33.7 Å². The average molecular weight is 234 g/mol. The highest BCUT2D eigenvalue weighted by Gasteiger charge is 2.31. The van der Waals surface area contributed by atoms with Gasteiger partial charge in [0.2, 0.25) is 0 Å². The molecule has 4 heteroatoms. The van der Waals surface area contributed by atoms with Crippen molar-refractivity contribution in [3.05, 3.63) is 12.1 Å². The standard InChI is InChI=1S/C13H18N2O2/c1-13(2)8-14-9-6-11-12(17-5-4-16-11)7-10(9)15(13)3/h6-7,14H,4-5,8H2,1-3H3.